The summed E-state index contributed by atoms with van der Waals surface area (Å²) < 4.78 is 0. The predicted molar refractivity (Wildman–Crippen MR) is 138 cm³/mol. The fourth-order valence-corrected chi connectivity index (χ4v) is 4.96. The van der Waals surface area contributed by atoms with E-state index in [0.717, 1.165) is 38.3 Å². The van der Waals surface area contributed by atoms with Gasteiger partial charge in [-0.05, 0) is 29.1 Å². The highest BCUT2D eigenvalue weighted by Crippen LogP contribution is 2.30. The number of rotatable bonds is 6. The highest BCUT2D eigenvalue weighted by Gasteiger charge is 2.16. The summed E-state index contributed by atoms with van der Waals surface area (Å²) >= 11 is 2.97. The molecule has 6 nitrogen and oxygen atoms in total. The zero-order valence-electron chi connectivity index (χ0n) is 18.2. The SMILES string of the molecule is CC(=O)NCc1ccc(-c2csc(NC(=O)c3cc(-c4cccs4)nc4ccccc34)n2)cc1. The van der Waals surface area contributed by atoms with Gasteiger partial charge in [0.15, 0.2) is 5.13 Å². The average molecular weight is 485 g/mol. The van der Waals surface area contributed by atoms with Crippen molar-refractivity contribution in [3.63, 3.8) is 0 Å². The lowest BCUT2D eigenvalue weighted by atomic mass is 10.1. The summed E-state index contributed by atoms with van der Waals surface area (Å²) in [5.41, 5.74) is 4.85. The van der Waals surface area contributed by atoms with Crippen LogP contribution < -0.4 is 10.6 Å². The Morgan fingerprint density at radius 3 is 2.50 bits per heavy atom. The first-order valence-corrected chi connectivity index (χ1v) is 12.4. The topological polar surface area (TPSA) is 84.0 Å². The number of aromatic nitrogens is 2. The van der Waals surface area contributed by atoms with E-state index in [2.05, 4.69) is 15.6 Å². The molecular weight excluding hydrogens is 464 g/mol. The van der Waals surface area contributed by atoms with Crippen LogP contribution in [-0.2, 0) is 11.3 Å². The number of thiophene rings is 1. The van der Waals surface area contributed by atoms with Crippen molar-refractivity contribution in [2.24, 2.45) is 0 Å². The van der Waals surface area contributed by atoms with Crippen LogP contribution in [0.25, 0.3) is 32.7 Å². The van der Waals surface area contributed by atoms with Gasteiger partial charge in [-0.3, -0.25) is 14.9 Å². The van der Waals surface area contributed by atoms with Crippen molar-refractivity contribution in [1.29, 1.82) is 0 Å². The molecule has 0 aliphatic heterocycles. The van der Waals surface area contributed by atoms with E-state index in [4.69, 9.17) is 4.98 Å². The third-order valence-electron chi connectivity index (χ3n) is 5.25. The molecule has 0 spiro atoms. The van der Waals surface area contributed by atoms with Gasteiger partial charge in [0.25, 0.3) is 5.91 Å². The summed E-state index contributed by atoms with van der Waals surface area (Å²) in [7, 11) is 0. The first-order chi connectivity index (χ1) is 16.6. The summed E-state index contributed by atoms with van der Waals surface area (Å²) in [6.45, 7) is 1.98. The van der Waals surface area contributed by atoms with Gasteiger partial charge in [-0.25, -0.2) is 9.97 Å². The Hall–Kier alpha value is -3.88. The fourth-order valence-electron chi connectivity index (χ4n) is 3.56. The van der Waals surface area contributed by atoms with Gasteiger partial charge in [0, 0.05) is 29.8 Å². The second-order valence-corrected chi connectivity index (χ2v) is 9.45. The lowest BCUT2D eigenvalue weighted by Gasteiger charge is -2.08. The third-order valence-corrected chi connectivity index (χ3v) is 6.90. The Labute approximate surface area is 204 Å². The number of pyridine rings is 1. The highest BCUT2D eigenvalue weighted by atomic mass is 32.1. The largest absolute Gasteiger partial charge is 0.352 e. The molecule has 0 aliphatic rings. The van der Waals surface area contributed by atoms with Crippen molar-refractivity contribution in [2.45, 2.75) is 13.5 Å². The molecule has 0 atom stereocenters. The molecule has 2 N–H and O–H groups in total. The molecule has 0 fully saturated rings. The van der Waals surface area contributed by atoms with Crippen molar-refractivity contribution < 1.29 is 9.59 Å². The number of hydrogen-bond donors (Lipinski definition) is 2. The number of nitrogens with one attached hydrogen (secondary N) is 2. The normalized spacial score (nSPS) is 10.9. The maximum Gasteiger partial charge on any atom is 0.258 e. The number of anilines is 1. The summed E-state index contributed by atoms with van der Waals surface area (Å²) in [4.78, 5) is 34.7. The van der Waals surface area contributed by atoms with E-state index in [1.165, 1.54) is 18.3 Å². The van der Waals surface area contributed by atoms with Gasteiger partial charge in [-0.15, -0.1) is 22.7 Å². The molecular formula is C26H20N4O2S2. The number of para-hydroxylation sites is 1. The van der Waals surface area contributed by atoms with Gasteiger partial charge < -0.3 is 5.32 Å². The number of benzene rings is 2. The van der Waals surface area contributed by atoms with Crippen LogP contribution in [0.5, 0.6) is 0 Å². The summed E-state index contributed by atoms with van der Waals surface area (Å²) in [6.07, 6.45) is 0. The van der Waals surface area contributed by atoms with E-state index in [0.29, 0.717) is 17.2 Å². The molecule has 34 heavy (non-hydrogen) atoms. The van der Waals surface area contributed by atoms with Gasteiger partial charge in [-0.1, -0.05) is 48.5 Å². The Kier molecular flexibility index (Phi) is 6.16. The van der Waals surface area contributed by atoms with Gasteiger partial charge in [-0.2, -0.15) is 0 Å². The molecule has 0 saturated carbocycles. The van der Waals surface area contributed by atoms with Crippen molar-refractivity contribution in [2.75, 3.05) is 5.32 Å². The highest BCUT2D eigenvalue weighted by molar-refractivity contribution is 7.14. The zero-order valence-corrected chi connectivity index (χ0v) is 19.9. The van der Waals surface area contributed by atoms with Crippen LogP contribution in [0.3, 0.4) is 0 Å². The first kappa shape index (κ1) is 21.9. The number of thiazole rings is 1. The monoisotopic (exact) mass is 484 g/mol. The Morgan fingerprint density at radius 2 is 1.74 bits per heavy atom. The van der Waals surface area contributed by atoms with Crippen LogP contribution >= 0.6 is 22.7 Å². The molecule has 0 bridgehead atoms. The van der Waals surface area contributed by atoms with Crippen LogP contribution in [0, 0.1) is 0 Å². The van der Waals surface area contributed by atoms with Crippen LogP contribution in [0.4, 0.5) is 5.13 Å². The van der Waals surface area contributed by atoms with Gasteiger partial charge in [0.1, 0.15) is 0 Å². The third kappa shape index (κ3) is 4.73. The summed E-state index contributed by atoms with van der Waals surface area (Å²) in [5.74, 6) is -0.281. The first-order valence-electron chi connectivity index (χ1n) is 10.6. The number of carbonyl (C=O) groups is 2. The van der Waals surface area contributed by atoms with Gasteiger partial charge in [0.2, 0.25) is 5.91 Å². The molecule has 5 rings (SSSR count). The number of carbonyl (C=O) groups excluding carboxylic acids is 2. The molecule has 168 valence electrons. The Morgan fingerprint density at radius 1 is 0.912 bits per heavy atom. The van der Waals surface area contributed by atoms with Crippen molar-refractivity contribution >= 4 is 50.5 Å². The number of hydrogen-bond acceptors (Lipinski definition) is 6. The van der Waals surface area contributed by atoms with Crippen LogP contribution in [0.15, 0.2) is 77.5 Å². The minimum absolute atomic E-state index is 0.0616. The lowest BCUT2D eigenvalue weighted by molar-refractivity contribution is -0.119. The predicted octanol–water partition coefficient (Wildman–Crippen LogP) is 5.98. The van der Waals surface area contributed by atoms with E-state index < -0.39 is 0 Å². The molecule has 0 unspecified atom stereocenters. The smallest absolute Gasteiger partial charge is 0.258 e. The molecule has 3 heterocycles. The van der Waals surface area contributed by atoms with Crippen LogP contribution in [0.2, 0.25) is 0 Å². The molecule has 8 heteroatoms. The maximum atomic E-state index is 13.3. The molecule has 5 aromatic rings. The van der Waals surface area contributed by atoms with Gasteiger partial charge >= 0.3 is 0 Å². The van der Waals surface area contributed by atoms with E-state index in [-0.39, 0.29) is 11.8 Å². The Balaban J connectivity index is 1.38. The number of fused-ring (bicyclic) bond motifs is 1. The second-order valence-electron chi connectivity index (χ2n) is 7.65. The Bertz CT molecular complexity index is 1470. The van der Waals surface area contributed by atoms with E-state index >= 15 is 0 Å². The average Bonchev–Trinajstić information content (AvgIpc) is 3.55. The van der Waals surface area contributed by atoms with E-state index in [1.807, 2.05) is 77.5 Å². The van der Waals surface area contributed by atoms with E-state index in [1.54, 1.807) is 11.3 Å². The van der Waals surface area contributed by atoms with Crippen LogP contribution in [-0.4, -0.2) is 21.8 Å². The molecule has 0 saturated heterocycles. The molecule has 0 radical (unpaired) electrons. The van der Waals surface area contributed by atoms with E-state index in [9.17, 15) is 9.59 Å². The standard InChI is InChI=1S/C26H20N4O2S2/c1-16(31)27-14-17-8-10-18(11-9-17)23-15-34-26(29-23)30-25(32)20-13-22(24-7-4-12-33-24)28-21-6-3-2-5-19(20)21/h2-13,15H,14H2,1H3,(H,27,31)(H,29,30,32). The summed E-state index contributed by atoms with van der Waals surface area (Å²) in [6, 6.07) is 21.3. The van der Waals surface area contributed by atoms with Crippen molar-refractivity contribution in [3.8, 4) is 21.8 Å². The molecule has 2 aromatic carbocycles. The molecule has 3 aromatic heterocycles. The van der Waals surface area contributed by atoms with Gasteiger partial charge in [0.05, 0.1) is 27.3 Å². The summed E-state index contributed by atoms with van der Waals surface area (Å²) in [5, 5.41) is 11.0. The maximum absolute atomic E-state index is 13.3. The fraction of sp³-hybridized carbons (Fsp3) is 0.0769. The quantitative estimate of drug-likeness (QED) is 0.311. The lowest BCUT2D eigenvalue weighted by Crippen LogP contribution is -2.18. The molecule has 0 aliphatic carbocycles. The minimum atomic E-state index is -0.219. The van der Waals surface area contributed by atoms with Crippen molar-refractivity contribution in [1.82, 2.24) is 15.3 Å². The van der Waals surface area contributed by atoms with Crippen LogP contribution in [0.1, 0.15) is 22.8 Å². The van der Waals surface area contributed by atoms with Crippen molar-refractivity contribution in [3.05, 3.63) is 88.6 Å². The zero-order chi connectivity index (χ0) is 23.5. The minimum Gasteiger partial charge on any atom is -0.352 e. The number of amides is 2. The second kappa shape index (κ2) is 9.54. The number of nitrogens with zero attached hydrogens (tertiary/aromatic N) is 2. The molecule has 2 amide bonds.